The average molecular weight is 476 g/mol. The maximum atomic E-state index is 13.1. The normalized spacial score (nSPS) is 18.1. The van der Waals surface area contributed by atoms with E-state index in [1.54, 1.807) is 13.8 Å². The molecule has 34 heavy (non-hydrogen) atoms. The van der Waals surface area contributed by atoms with Gasteiger partial charge in [-0.05, 0) is 30.2 Å². The van der Waals surface area contributed by atoms with Gasteiger partial charge in [0.2, 0.25) is 11.8 Å². The third-order valence-corrected chi connectivity index (χ3v) is 6.21. The summed E-state index contributed by atoms with van der Waals surface area (Å²) in [6, 6.07) is 6.92. The largest absolute Gasteiger partial charge is 0.467 e. The minimum atomic E-state index is -0.855. The Labute approximate surface area is 201 Å². The van der Waals surface area contributed by atoms with Gasteiger partial charge >= 0.3 is 12.1 Å². The van der Waals surface area contributed by atoms with E-state index in [0.717, 1.165) is 5.56 Å². The molecule has 1 heterocycles. The number of likely N-dealkylation sites (tertiary alicyclic amines) is 1. The Morgan fingerprint density at radius 2 is 1.74 bits per heavy atom. The lowest BCUT2D eigenvalue weighted by Crippen LogP contribution is -2.58. The van der Waals surface area contributed by atoms with E-state index < -0.39 is 42.0 Å². The zero-order chi connectivity index (χ0) is 25.3. The molecule has 0 saturated carbocycles. The van der Waals surface area contributed by atoms with Crippen LogP contribution in [0, 0.1) is 11.8 Å². The first-order chi connectivity index (χ1) is 16.2. The van der Waals surface area contributed by atoms with Gasteiger partial charge in [0.05, 0.1) is 7.11 Å². The van der Waals surface area contributed by atoms with Crippen molar-refractivity contribution >= 4 is 23.9 Å². The molecule has 9 nitrogen and oxygen atoms in total. The van der Waals surface area contributed by atoms with E-state index in [9.17, 15) is 19.2 Å². The molecule has 1 aliphatic heterocycles. The SMILES string of the molecule is CC[C@H](C)[C@H](NC(=O)[C@@H]1CCCN1C(=O)OCc1ccccc1)C(=O)N[C@H](C(=O)OC)C(C)C. The molecule has 1 aromatic rings. The van der Waals surface area contributed by atoms with E-state index in [1.165, 1.54) is 12.0 Å². The molecular weight excluding hydrogens is 438 g/mol. The van der Waals surface area contributed by atoms with Gasteiger partial charge in [0, 0.05) is 6.54 Å². The smallest absolute Gasteiger partial charge is 0.410 e. The standard InChI is InChI=1S/C25H37N3O6/c1-6-17(4)21(23(30)26-20(16(2)3)24(31)33-5)27-22(29)19-13-10-14-28(19)25(32)34-15-18-11-8-7-9-12-18/h7-9,11-12,16-17,19-21H,6,10,13-15H2,1-5H3,(H,26,30)(H,27,29)/t17-,19-,20-,21-/m0/s1. The highest BCUT2D eigenvalue weighted by Crippen LogP contribution is 2.20. The van der Waals surface area contributed by atoms with Crippen molar-refractivity contribution in [3.63, 3.8) is 0 Å². The fourth-order valence-corrected chi connectivity index (χ4v) is 3.88. The number of amides is 3. The summed E-state index contributed by atoms with van der Waals surface area (Å²) in [6.45, 7) is 7.90. The molecule has 2 rings (SSSR count). The highest BCUT2D eigenvalue weighted by molar-refractivity contribution is 5.93. The summed E-state index contributed by atoms with van der Waals surface area (Å²) in [7, 11) is 1.27. The number of carbonyl (C=O) groups excluding carboxylic acids is 4. The van der Waals surface area contributed by atoms with Crippen LogP contribution in [0.4, 0.5) is 4.79 Å². The average Bonchev–Trinajstić information content (AvgIpc) is 3.34. The zero-order valence-electron chi connectivity index (χ0n) is 20.7. The highest BCUT2D eigenvalue weighted by atomic mass is 16.6. The second-order valence-electron chi connectivity index (χ2n) is 9.02. The molecule has 188 valence electrons. The molecule has 0 unspecified atom stereocenters. The lowest BCUT2D eigenvalue weighted by molar-refractivity contribution is -0.147. The van der Waals surface area contributed by atoms with Crippen LogP contribution in [0.15, 0.2) is 30.3 Å². The van der Waals surface area contributed by atoms with Gasteiger partial charge in [0.15, 0.2) is 0 Å². The quantitative estimate of drug-likeness (QED) is 0.503. The van der Waals surface area contributed by atoms with Crippen molar-refractivity contribution in [2.45, 2.75) is 71.7 Å². The van der Waals surface area contributed by atoms with Gasteiger partial charge in [-0.25, -0.2) is 9.59 Å². The van der Waals surface area contributed by atoms with E-state index >= 15 is 0 Å². The van der Waals surface area contributed by atoms with Gasteiger partial charge in [-0.1, -0.05) is 64.4 Å². The third-order valence-electron chi connectivity index (χ3n) is 6.21. The van der Waals surface area contributed by atoms with E-state index in [0.29, 0.717) is 25.8 Å². The molecule has 1 saturated heterocycles. The van der Waals surface area contributed by atoms with Crippen LogP contribution in [0.25, 0.3) is 0 Å². The Morgan fingerprint density at radius 3 is 2.32 bits per heavy atom. The first-order valence-electron chi connectivity index (χ1n) is 11.8. The number of hydrogen-bond donors (Lipinski definition) is 2. The maximum Gasteiger partial charge on any atom is 0.410 e. The maximum absolute atomic E-state index is 13.1. The first-order valence-corrected chi connectivity index (χ1v) is 11.8. The molecule has 2 N–H and O–H groups in total. The second kappa shape index (κ2) is 13.0. The number of ether oxygens (including phenoxy) is 2. The fraction of sp³-hybridized carbons (Fsp3) is 0.600. The molecule has 0 spiro atoms. The second-order valence-corrected chi connectivity index (χ2v) is 9.02. The molecule has 4 atom stereocenters. The molecule has 1 aromatic carbocycles. The minimum Gasteiger partial charge on any atom is -0.467 e. The van der Waals surface area contributed by atoms with Crippen LogP contribution >= 0.6 is 0 Å². The van der Waals surface area contributed by atoms with E-state index in [-0.39, 0.29) is 18.4 Å². The topological polar surface area (TPSA) is 114 Å². The molecule has 0 radical (unpaired) electrons. The Bertz CT molecular complexity index is 844. The molecular formula is C25H37N3O6. The van der Waals surface area contributed by atoms with E-state index in [1.807, 2.05) is 44.2 Å². The third kappa shape index (κ3) is 7.20. The van der Waals surface area contributed by atoms with Crippen molar-refractivity contribution in [2.75, 3.05) is 13.7 Å². The predicted octanol–water partition coefficient (Wildman–Crippen LogP) is 2.63. The Hall–Kier alpha value is -3.10. The van der Waals surface area contributed by atoms with Crippen LogP contribution in [-0.4, -0.2) is 60.6 Å². The summed E-state index contributed by atoms with van der Waals surface area (Å²) in [5.74, 6) is -1.78. The van der Waals surface area contributed by atoms with Gasteiger partial charge in [-0.15, -0.1) is 0 Å². The fourth-order valence-electron chi connectivity index (χ4n) is 3.88. The summed E-state index contributed by atoms with van der Waals surface area (Å²) in [4.78, 5) is 52.4. The van der Waals surface area contributed by atoms with Gasteiger partial charge in [0.25, 0.3) is 0 Å². The van der Waals surface area contributed by atoms with Gasteiger partial charge < -0.3 is 20.1 Å². The van der Waals surface area contributed by atoms with Crippen molar-refractivity contribution in [3.8, 4) is 0 Å². The number of rotatable bonds is 10. The van der Waals surface area contributed by atoms with E-state index in [4.69, 9.17) is 9.47 Å². The van der Waals surface area contributed by atoms with Crippen molar-refractivity contribution < 1.29 is 28.7 Å². The van der Waals surface area contributed by atoms with E-state index in [2.05, 4.69) is 10.6 Å². The van der Waals surface area contributed by atoms with Crippen LogP contribution in [0.5, 0.6) is 0 Å². The predicted molar refractivity (Wildman–Crippen MR) is 127 cm³/mol. The summed E-state index contributed by atoms with van der Waals surface area (Å²) in [6.07, 6.45) is 1.22. The number of hydrogen-bond acceptors (Lipinski definition) is 6. The van der Waals surface area contributed by atoms with Crippen molar-refractivity contribution in [2.24, 2.45) is 11.8 Å². The number of benzene rings is 1. The monoisotopic (exact) mass is 475 g/mol. The van der Waals surface area contributed by atoms with Gasteiger partial charge in [0.1, 0.15) is 24.7 Å². The summed E-state index contributed by atoms with van der Waals surface area (Å²) in [5, 5.41) is 5.53. The number of methoxy groups -OCH3 is 1. The Balaban J connectivity index is 2.06. The molecule has 1 aliphatic rings. The molecule has 0 aromatic heterocycles. The van der Waals surface area contributed by atoms with Crippen LogP contribution in [-0.2, 0) is 30.5 Å². The molecule has 9 heteroatoms. The lowest BCUT2D eigenvalue weighted by Gasteiger charge is -2.29. The highest BCUT2D eigenvalue weighted by Gasteiger charge is 2.38. The van der Waals surface area contributed by atoms with Crippen molar-refractivity contribution in [1.29, 1.82) is 0 Å². The number of nitrogens with zero attached hydrogens (tertiary/aromatic N) is 1. The molecule has 0 bridgehead atoms. The van der Waals surface area contributed by atoms with Crippen LogP contribution in [0.2, 0.25) is 0 Å². The molecule has 3 amide bonds. The van der Waals surface area contributed by atoms with Gasteiger partial charge in [-0.2, -0.15) is 0 Å². The lowest BCUT2D eigenvalue weighted by atomic mass is 9.96. The van der Waals surface area contributed by atoms with Crippen LogP contribution in [0.3, 0.4) is 0 Å². The van der Waals surface area contributed by atoms with Crippen LogP contribution in [0.1, 0.15) is 52.5 Å². The minimum absolute atomic E-state index is 0.118. The first kappa shape index (κ1) is 27.1. The Kier molecular flexibility index (Phi) is 10.3. The zero-order valence-corrected chi connectivity index (χ0v) is 20.7. The van der Waals surface area contributed by atoms with Gasteiger partial charge in [-0.3, -0.25) is 14.5 Å². The number of nitrogens with one attached hydrogen (secondary N) is 2. The Morgan fingerprint density at radius 1 is 1.06 bits per heavy atom. The number of carbonyl (C=O) groups is 4. The summed E-state index contributed by atoms with van der Waals surface area (Å²) in [5.41, 5.74) is 0.856. The molecule has 0 aliphatic carbocycles. The van der Waals surface area contributed by atoms with Crippen molar-refractivity contribution in [1.82, 2.24) is 15.5 Å². The number of esters is 1. The van der Waals surface area contributed by atoms with Crippen LogP contribution < -0.4 is 10.6 Å². The van der Waals surface area contributed by atoms with Crippen molar-refractivity contribution in [3.05, 3.63) is 35.9 Å². The summed E-state index contributed by atoms with van der Waals surface area (Å²) < 4.78 is 10.2. The molecule has 1 fully saturated rings. The summed E-state index contributed by atoms with van der Waals surface area (Å²) >= 11 is 0.